The Bertz CT molecular complexity index is 1500. The molecule has 9 nitrogen and oxygen atoms in total. The maximum atomic E-state index is 13.5. The van der Waals surface area contributed by atoms with Crippen molar-refractivity contribution in [1.82, 2.24) is 15.2 Å². The van der Waals surface area contributed by atoms with Gasteiger partial charge >= 0.3 is 12.2 Å². The molecule has 4 rings (SSSR count). The standard InChI is InChI=1S/C38H51FN4O5/c1-27-20-32(41-34(21-27)43(36(45)48-38(5,6)7)24-29-12-9-8-10-13-29)23-30-25-42(35(44)47-37(2,3)4)26-33(30)46-19-18-40-17-16-28-14-11-15-31(39)22-28/h8-15,20-22,30,33,40H,16-19,23-26H2,1-7H3/t30-,33-/m0/s1. The minimum atomic E-state index is -0.674. The van der Waals surface area contributed by atoms with Gasteiger partial charge in [0.1, 0.15) is 22.8 Å². The Morgan fingerprint density at radius 2 is 1.62 bits per heavy atom. The molecule has 0 spiro atoms. The lowest BCUT2D eigenvalue weighted by atomic mass is 9.98. The molecule has 48 heavy (non-hydrogen) atoms. The van der Waals surface area contributed by atoms with Gasteiger partial charge in [0, 0.05) is 24.7 Å². The molecular weight excluding hydrogens is 611 g/mol. The molecule has 0 saturated carbocycles. The number of carbonyl (C=O) groups is 2. The van der Waals surface area contributed by atoms with Gasteiger partial charge in [0.15, 0.2) is 0 Å². The van der Waals surface area contributed by atoms with Gasteiger partial charge in [-0.25, -0.2) is 19.0 Å². The van der Waals surface area contributed by atoms with Gasteiger partial charge in [-0.15, -0.1) is 0 Å². The molecule has 0 radical (unpaired) electrons. The smallest absolute Gasteiger partial charge is 0.416 e. The number of hydrogen-bond donors (Lipinski definition) is 1. The molecule has 3 aromatic rings. The van der Waals surface area contributed by atoms with Gasteiger partial charge in [-0.1, -0.05) is 42.5 Å². The SMILES string of the molecule is Cc1cc(C[C@H]2CN(C(=O)OC(C)(C)C)C[C@@H]2OCCNCCc2cccc(F)c2)nc(N(Cc2ccccc2)C(=O)OC(C)(C)C)c1. The summed E-state index contributed by atoms with van der Waals surface area (Å²) in [5.41, 5.74) is 2.35. The van der Waals surface area contributed by atoms with Crippen LogP contribution in [-0.4, -0.2) is 72.2 Å². The molecule has 0 aliphatic carbocycles. The van der Waals surface area contributed by atoms with Gasteiger partial charge in [0.2, 0.25) is 0 Å². The largest absolute Gasteiger partial charge is 0.444 e. The topological polar surface area (TPSA) is 93.2 Å². The van der Waals surface area contributed by atoms with Crippen molar-refractivity contribution in [2.75, 3.05) is 37.7 Å². The Balaban J connectivity index is 1.48. The zero-order valence-corrected chi connectivity index (χ0v) is 29.4. The van der Waals surface area contributed by atoms with E-state index in [1.807, 2.05) is 97.0 Å². The summed E-state index contributed by atoms with van der Waals surface area (Å²) in [6.45, 7) is 16.0. The van der Waals surface area contributed by atoms with E-state index in [9.17, 15) is 14.0 Å². The average molecular weight is 663 g/mol. The van der Waals surface area contributed by atoms with Crippen LogP contribution in [0, 0.1) is 18.7 Å². The Morgan fingerprint density at radius 1 is 0.917 bits per heavy atom. The van der Waals surface area contributed by atoms with Crippen molar-refractivity contribution in [2.24, 2.45) is 5.92 Å². The van der Waals surface area contributed by atoms with E-state index in [0.29, 0.717) is 58.0 Å². The highest BCUT2D eigenvalue weighted by Gasteiger charge is 2.38. The quantitative estimate of drug-likeness (QED) is 0.207. The lowest BCUT2D eigenvalue weighted by Crippen LogP contribution is -2.37. The van der Waals surface area contributed by atoms with Crippen LogP contribution in [0.15, 0.2) is 66.7 Å². The van der Waals surface area contributed by atoms with E-state index >= 15 is 0 Å². The summed E-state index contributed by atoms with van der Waals surface area (Å²) in [5, 5.41) is 3.37. The van der Waals surface area contributed by atoms with Crippen LogP contribution in [0.2, 0.25) is 0 Å². The highest BCUT2D eigenvalue weighted by molar-refractivity contribution is 5.86. The molecule has 0 unspecified atom stereocenters. The van der Waals surface area contributed by atoms with Gasteiger partial charge in [-0.3, -0.25) is 4.90 Å². The van der Waals surface area contributed by atoms with Gasteiger partial charge < -0.3 is 24.4 Å². The van der Waals surface area contributed by atoms with Crippen molar-refractivity contribution < 1.29 is 28.2 Å². The fourth-order valence-electron chi connectivity index (χ4n) is 5.59. The van der Waals surface area contributed by atoms with E-state index in [0.717, 1.165) is 22.4 Å². The van der Waals surface area contributed by atoms with Crippen molar-refractivity contribution in [2.45, 2.75) is 85.2 Å². The number of pyridine rings is 1. The Morgan fingerprint density at radius 3 is 2.31 bits per heavy atom. The van der Waals surface area contributed by atoms with E-state index in [4.69, 9.17) is 19.2 Å². The zero-order valence-electron chi connectivity index (χ0n) is 29.4. The number of nitrogens with one attached hydrogen (secondary N) is 1. The normalized spacial score (nSPS) is 16.5. The Hall–Kier alpha value is -4.02. The molecule has 1 N–H and O–H groups in total. The number of nitrogens with zero attached hydrogens (tertiary/aromatic N) is 3. The molecule has 1 aliphatic heterocycles. The molecule has 1 saturated heterocycles. The third-order valence-corrected chi connectivity index (χ3v) is 7.68. The molecule has 2 amide bonds. The van der Waals surface area contributed by atoms with Crippen LogP contribution < -0.4 is 10.2 Å². The van der Waals surface area contributed by atoms with Crippen LogP contribution in [0.3, 0.4) is 0 Å². The number of hydrogen-bond acceptors (Lipinski definition) is 7. The summed E-state index contributed by atoms with van der Waals surface area (Å²) in [4.78, 5) is 34.8. The van der Waals surface area contributed by atoms with Crippen LogP contribution in [0.25, 0.3) is 0 Å². The van der Waals surface area contributed by atoms with Crippen LogP contribution >= 0.6 is 0 Å². The summed E-state index contributed by atoms with van der Waals surface area (Å²) >= 11 is 0. The van der Waals surface area contributed by atoms with Gasteiger partial charge in [-0.05, 0) is 109 Å². The lowest BCUT2D eigenvalue weighted by molar-refractivity contribution is 0.0186. The molecule has 260 valence electrons. The van der Waals surface area contributed by atoms with E-state index in [2.05, 4.69) is 5.32 Å². The van der Waals surface area contributed by atoms with E-state index in [1.165, 1.54) is 6.07 Å². The first kappa shape index (κ1) is 36.8. The second-order valence-electron chi connectivity index (χ2n) is 14.4. The molecule has 2 atom stereocenters. The van der Waals surface area contributed by atoms with E-state index in [1.54, 1.807) is 21.9 Å². The predicted octanol–water partition coefficient (Wildman–Crippen LogP) is 7.10. The number of aromatic nitrogens is 1. The number of rotatable bonds is 12. The molecule has 10 heteroatoms. The number of aryl methyl sites for hydroxylation is 1. The molecule has 2 aromatic carbocycles. The number of halogens is 1. The molecule has 1 aromatic heterocycles. The minimum Gasteiger partial charge on any atom is -0.444 e. The van der Waals surface area contributed by atoms with Crippen molar-refractivity contribution >= 4 is 18.0 Å². The van der Waals surface area contributed by atoms with Crippen molar-refractivity contribution in [3.05, 3.63) is 94.9 Å². The molecular formula is C38H51FN4O5. The van der Waals surface area contributed by atoms with Crippen molar-refractivity contribution in [3.63, 3.8) is 0 Å². The first-order valence-corrected chi connectivity index (χ1v) is 16.7. The number of likely N-dealkylation sites (tertiary alicyclic amines) is 1. The highest BCUT2D eigenvalue weighted by atomic mass is 19.1. The van der Waals surface area contributed by atoms with Crippen LogP contribution in [0.5, 0.6) is 0 Å². The van der Waals surface area contributed by atoms with Crippen LogP contribution in [0.4, 0.5) is 19.8 Å². The first-order valence-electron chi connectivity index (χ1n) is 16.7. The summed E-state index contributed by atoms with van der Waals surface area (Å²) in [6.07, 6.45) is 0.170. The van der Waals surface area contributed by atoms with Gasteiger partial charge in [0.25, 0.3) is 0 Å². The van der Waals surface area contributed by atoms with E-state index < -0.39 is 17.3 Å². The fraction of sp³-hybridized carbons (Fsp3) is 0.500. The minimum absolute atomic E-state index is 0.0453. The fourth-order valence-corrected chi connectivity index (χ4v) is 5.59. The summed E-state index contributed by atoms with van der Waals surface area (Å²) in [7, 11) is 0. The maximum absolute atomic E-state index is 13.5. The van der Waals surface area contributed by atoms with E-state index in [-0.39, 0.29) is 23.9 Å². The third-order valence-electron chi connectivity index (χ3n) is 7.68. The maximum Gasteiger partial charge on any atom is 0.416 e. The van der Waals surface area contributed by atoms with Crippen molar-refractivity contribution in [3.8, 4) is 0 Å². The summed E-state index contributed by atoms with van der Waals surface area (Å²) in [5.74, 6) is 0.225. The average Bonchev–Trinajstić information content (AvgIpc) is 3.38. The highest BCUT2D eigenvalue weighted by Crippen LogP contribution is 2.28. The molecule has 1 aliphatic rings. The second-order valence-corrected chi connectivity index (χ2v) is 14.4. The number of ether oxygens (including phenoxy) is 3. The number of amides is 2. The van der Waals surface area contributed by atoms with Crippen molar-refractivity contribution in [1.29, 1.82) is 0 Å². The number of anilines is 1. The summed E-state index contributed by atoms with van der Waals surface area (Å²) in [6, 6.07) is 20.3. The lowest BCUT2D eigenvalue weighted by Gasteiger charge is -2.27. The van der Waals surface area contributed by atoms with Crippen LogP contribution in [-0.2, 0) is 33.6 Å². The molecule has 2 heterocycles. The monoisotopic (exact) mass is 662 g/mol. The van der Waals surface area contributed by atoms with Crippen LogP contribution in [0.1, 0.15) is 63.9 Å². The van der Waals surface area contributed by atoms with Gasteiger partial charge in [0.05, 0.1) is 25.8 Å². The summed E-state index contributed by atoms with van der Waals surface area (Å²) < 4.78 is 31.3. The Kier molecular flexibility index (Phi) is 12.6. The van der Waals surface area contributed by atoms with Gasteiger partial charge in [-0.2, -0.15) is 0 Å². The third kappa shape index (κ3) is 11.9. The second kappa shape index (κ2) is 16.4. The molecule has 0 bridgehead atoms. The molecule has 1 fully saturated rings. The predicted molar refractivity (Wildman–Crippen MR) is 186 cm³/mol. The Labute approximate surface area is 284 Å². The number of benzene rings is 2. The first-order chi connectivity index (χ1) is 22.6. The number of carbonyl (C=O) groups excluding carboxylic acids is 2. The zero-order chi connectivity index (χ0) is 34.9.